The number of benzene rings is 2. The molecule has 0 aromatic heterocycles. The zero-order valence-electron chi connectivity index (χ0n) is 14.0. The molecule has 2 aromatic rings. The maximum Gasteiger partial charge on any atom is 0.255 e. The summed E-state index contributed by atoms with van der Waals surface area (Å²) in [6, 6.07) is 11.7. The van der Waals surface area contributed by atoms with Crippen molar-refractivity contribution < 1.29 is 13.9 Å². The third-order valence-electron chi connectivity index (χ3n) is 4.22. The van der Waals surface area contributed by atoms with Gasteiger partial charge in [-0.15, -0.1) is 0 Å². The molecule has 2 aromatic carbocycles. The molecule has 1 N–H and O–H groups in total. The van der Waals surface area contributed by atoms with Gasteiger partial charge in [0.1, 0.15) is 0 Å². The van der Waals surface area contributed by atoms with Crippen LogP contribution in [0, 0.1) is 5.82 Å². The van der Waals surface area contributed by atoms with Crippen LogP contribution >= 0.6 is 11.8 Å². The average Bonchev–Trinajstić information content (AvgIpc) is 3.26. The number of aliphatic imine (C=N–C) groups is 1. The van der Waals surface area contributed by atoms with Gasteiger partial charge in [0.25, 0.3) is 5.91 Å². The van der Waals surface area contributed by atoms with E-state index in [4.69, 9.17) is 4.74 Å². The number of carbonyl (C=O) groups is 1. The van der Waals surface area contributed by atoms with E-state index in [0.29, 0.717) is 5.69 Å². The highest BCUT2D eigenvalue weighted by atomic mass is 32.2. The van der Waals surface area contributed by atoms with E-state index in [1.54, 1.807) is 11.8 Å². The lowest BCUT2D eigenvalue weighted by Gasteiger charge is -2.17. The lowest BCUT2D eigenvalue weighted by atomic mass is 10.1. The first kappa shape index (κ1) is 16.7. The SMILES string of the molecule is COc1ccc(C(=O)Nc2ccc(C3=CSC4=NCCN34)cc2)cc1F. The van der Waals surface area contributed by atoms with Gasteiger partial charge in [-0.05, 0) is 35.9 Å². The predicted molar refractivity (Wildman–Crippen MR) is 102 cm³/mol. The Morgan fingerprint density at radius 3 is 2.81 bits per heavy atom. The Balaban J connectivity index is 1.47. The van der Waals surface area contributed by atoms with Gasteiger partial charge >= 0.3 is 0 Å². The topological polar surface area (TPSA) is 53.9 Å². The number of rotatable bonds is 4. The number of fused-ring (bicyclic) bond motifs is 1. The summed E-state index contributed by atoms with van der Waals surface area (Å²) < 4.78 is 18.6. The van der Waals surface area contributed by atoms with Crippen LogP contribution in [0.5, 0.6) is 5.75 Å². The van der Waals surface area contributed by atoms with Gasteiger partial charge in [-0.3, -0.25) is 9.79 Å². The maximum atomic E-state index is 13.8. The first-order valence-electron chi connectivity index (χ1n) is 8.10. The van der Waals surface area contributed by atoms with Gasteiger partial charge in [0.05, 0.1) is 19.4 Å². The molecule has 0 saturated carbocycles. The van der Waals surface area contributed by atoms with Gasteiger partial charge in [-0.1, -0.05) is 23.9 Å². The Labute approximate surface area is 154 Å². The first-order valence-corrected chi connectivity index (χ1v) is 8.98. The summed E-state index contributed by atoms with van der Waals surface area (Å²) in [5, 5.41) is 5.91. The van der Waals surface area contributed by atoms with Gasteiger partial charge < -0.3 is 15.0 Å². The molecule has 0 saturated heterocycles. The van der Waals surface area contributed by atoms with Crippen LogP contribution in [0.2, 0.25) is 0 Å². The molecule has 2 aliphatic heterocycles. The standard InChI is InChI=1S/C19H16FN3O2S/c1-25-17-7-4-13(10-15(17)20)18(24)22-14-5-2-12(3-6-14)16-11-26-19-21-8-9-23(16)19/h2-7,10-11H,8-9H2,1H3,(H,22,24). The third kappa shape index (κ3) is 3.06. The minimum atomic E-state index is -0.566. The summed E-state index contributed by atoms with van der Waals surface area (Å²) in [7, 11) is 1.38. The van der Waals surface area contributed by atoms with Crippen LogP contribution in [0.1, 0.15) is 15.9 Å². The van der Waals surface area contributed by atoms with E-state index in [9.17, 15) is 9.18 Å². The number of anilines is 1. The fraction of sp³-hybridized carbons (Fsp3) is 0.158. The number of amides is 1. The molecular weight excluding hydrogens is 353 g/mol. The number of carbonyl (C=O) groups excluding carboxylic acids is 1. The lowest BCUT2D eigenvalue weighted by Crippen LogP contribution is -2.19. The number of methoxy groups -OCH3 is 1. The van der Waals surface area contributed by atoms with E-state index in [0.717, 1.165) is 35.6 Å². The molecule has 0 atom stereocenters. The number of ether oxygens (including phenoxy) is 1. The Bertz CT molecular complexity index is 925. The smallest absolute Gasteiger partial charge is 0.255 e. The number of nitrogens with zero attached hydrogens (tertiary/aromatic N) is 2. The van der Waals surface area contributed by atoms with Crippen LogP contribution in [-0.2, 0) is 0 Å². The van der Waals surface area contributed by atoms with Crippen molar-refractivity contribution in [2.75, 3.05) is 25.5 Å². The highest BCUT2D eigenvalue weighted by Crippen LogP contribution is 2.35. The number of halogens is 1. The molecular formula is C19H16FN3O2S. The van der Waals surface area contributed by atoms with Crippen LogP contribution in [0.4, 0.5) is 10.1 Å². The molecule has 4 rings (SSSR count). The minimum absolute atomic E-state index is 0.110. The van der Waals surface area contributed by atoms with Gasteiger partial charge in [0, 0.05) is 23.2 Å². The molecule has 0 radical (unpaired) electrons. The monoisotopic (exact) mass is 369 g/mol. The van der Waals surface area contributed by atoms with Crippen molar-refractivity contribution in [3.63, 3.8) is 0 Å². The van der Waals surface area contributed by atoms with Crippen LogP contribution in [0.15, 0.2) is 52.9 Å². The molecule has 2 heterocycles. The molecule has 0 unspecified atom stereocenters. The summed E-state index contributed by atoms with van der Waals surface area (Å²) in [6.45, 7) is 1.72. The lowest BCUT2D eigenvalue weighted by molar-refractivity contribution is 0.102. The molecule has 2 aliphatic rings. The first-order chi connectivity index (χ1) is 12.7. The molecule has 0 spiro atoms. The summed E-state index contributed by atoms with van der Waals surface area (Å²) in [5.74, 6) is -0.827. The molecule has 132 valence electrons. The third-order valence-corrected chi connectivity index (χ3v) is 5.12. The Hall–Kier alpha value is -2.80. The normalized spacial score (nSPS) is 15.4. The van der Waals surface area contributed by atoms with E-state index in [1.165, 1.54) is 19.2 Å². The number of thioether (sulfide) groups is 1. The van der Waals surface area contributed by atoms with Crippen LogP contribution in [0.25, 0.3) is 5.70 Å². The van der Waals surface area contributed by atoms with Crippen molar-refractivity contribution in [3.8, 4) is 5.75 Å². The van der Waals surface area contributed by atoms with Crippen LogP contribution < -0.4 is 10.1 Å². The highest BCUT2D eigenvalue weighted by molar-refractivity contribution is 8.16. The van der Waals surface area contributed by atoms with Crippen molar-refractivity contribution in [1.82, 2.24) is 4.90 Å². The van der Waals surface area contributed by atoms with E-state index in [2.05, 4.69) is 20.6 Å². The number of hydrogen-bond donors (Lipinski definition) is 1. The molecule has 5 nitrogen and oxygen atoms in total. The van der Waals surface area contributed by atoms with Crippen molar-refractivity contribution in [3.05, 3.63) is 64.8 Å². The Kier molecular flexibility index (Phi) is 4.38. The van der Waals surface area contributed by atoms with Crippen molar-refractivity contribution in [2.45, 2.75) is 0 Å². The van der Waals surface area contributed by atoms with Crippen molar-refractivity contribution in [2.24, 2.45) is 4.99 Å². The fourth-order valence-electron chi connectivity index (χ4n) is 2.88. The number of amidine groups is 1. The van der Waals surface area contributed by atoms with Gasteiger partial charge in [0.2, 0.25) is 0 Å². The second-order valence-corrected chi connectivity index (χ2v) is 6.65. The van der Waals surface area contributed by atoms with Gasteiger partial charge in [0.15, 0.2) is 16.7 Å². The minimum Gasteiger partial charge on any atom is -0.494 e. The molecule has 0 bridgehead atoms. The Morgan fingerprint density at radius 1 is 1.27 bits per heavy atom. The van der Waals surface area contributed by atoms with Crippen molar-refractivity contribution in [1.29, 1.82) is 0 Å². The van der Waals surface area contributed by atoms with E-state index < -0.39 is 5.82 Å². The van der Waals surface area contributed by atoms with Crippen molar-refractivity contribution >= 4 is 34.2 Å². The van der Waals surface area contributed by atoms with E-state index in [-0.39, 0.29) is 17.2 Å². The predicted octanol–water partition coefficient (Wildman–Crippen LogP) is 3.80. The summed E-state index contributed by atoms with van der Waals surface area (Å²) in [4.78, 5) is 18.9. The molecule has 26 heavy (non-hydrogen) atoms. The summed E-state index contributed by atoms with van der Waals surface area (Å²) in [6.07, 6.45) is 0. The largest absolute Gasteiger partial charge is 0.494 e. The number of hydrogen-bond acceptors (Lipinski definition) is 5. The molecule has 0 aliphatic carbocycles. The van der Waals surface area contributed by atoms with E-state index in [1.807, 2.05) is 24.3 Å². The zero-order valence-corrected chi connectivity index (χ0v) is 14.8. The fourth-order valence-corrected chi connectivity index (χ4v) is 3.85. The summed E-state index contributed by atoms with van der Waals surface area (Å²) in [5.41, 5.74) is 3.08. The Morgan fingerprint density at radius 2 is 2.08 bits per heavy atom. The summed E-state index contributed by atoms with van der Waals surface area (Å²) >= 11 is 1.63. The second kappa shape index (κ2) is 6.84. The van der Waals surface area contributed by atoms with Gasteiger partial charge in [-0.25, -0.2) is 4.39 Å². The van der Waals surface area contributed by atoms with Crippen LogP contribution in [0.3, 0.4) is 0 Å². The second-order valence-electron chi connectivity index (χ2n) is 5.82. The molecule has 1 amide bonds. The zero-order chi connectivity index (χ0) is 18.1. The molecule has 0 fully saturated rings. The van der Waals surface area contributed by atoms with E-state index >= 15 is 0 Å². The average molecular weight is 369 g/mol. The highest BCUT2D eigenvalue weighted by Gasteiger charge is 2.26. The number of nitrogens with one attached hydrogen (secondary N) is 1. The molecule has 7 heteroatoms. The van der Waals surface area contributed by atoms with Gasteiger partial charge in [-0.2, -0.15) is 0 Å². The maximum absolute atomic E-state index is 13.8. The van der Waals surface area contributed by atoms with Crippen LogP contribution in [-0.4, -0.2) is 36.2 Å². The quantitative estimate of drug-likeness (QED) is 0.891.